The highest BCUT2D eigenvalue weighted by atomic mass is 15.4. The van der Waals surface area contributed by atoms with Crippen LogP contribution in [0, 0.1) is 28.6 Å². The van der Waals surface area contributed by atoms with E-state index in [9.17, 15) is 10.5 Å². The Morgan fingerprint density at radius 1 is 0.893 bits per heavy atom. The van der Waals surface area contributed by atoms with E-state index in [1.165, 1.54) is 45.3 Å². The first-order chi connectivity index (χ1) is 13.6. The van der Waals surface area contributed by atoms with E-state index in [0.29, 0.717) is 6.04 Å². The summed E-state index contributed by atoms with van der Waals surface area (Å²) in [7, 11) is 0. The molecule has 6 heteroatoms. The maximum absolute atomic E-state index is 9.50. The second kappa shape index (κ2) is 10.1. The van der Waals surface area contributed by atoms with Gasteiger partial charge in [0.1, 0.15) is 18.0 Å². The third kappa shape index (κ3) is 5.19. The fraction of sp³-hybridized carbons (Fsp3) is 0.818. The van der Waals surface area contributed by atoms with Gasteiger partial charge in [0.25, 0.3) is 0 Å². The quantitative estimate of drug-likeness (QED) is 0.629. The second-order valence-corrected chi connectivity index (χ2v) is 8.83. The summed E-state index contributed by atoms with van der Waals surface area (Å²) < 4.78 is 0. The van der Waals surface area contributed by atoms with Gasteiger partial charge in [-0.3, -0.25) is 0 Å². The van der Waals surface area contributed by atoms with Gasteiger partial charge in [-0.25, -0.2) is 0 Å². The van der Waals surface area contributed by atoms with Crippen LogP contribution in [0.4, 0.5) is 0 Å². The lowest BCUT2D eigenvalue weighted by Crippen LogP contribution is -2.40. The van der Waals surface area contributed by atoms with E-state index in [0.717, 1.165) is 57.4 Å². The number of likely N-dealkylation sites (tertiary alicyclic amines) is 2. The second-order valence-electron chi connectivity index (χ2n) is 8.83. The molecule has 3 saturated heterocycles. The van der Waals surface area contributed by atoms with E-state index in [2.05, 4.69) is 45.6 Å². The molecule has 6 nitrogen and oxygen atoms in total. The molecule has 0 saturated carbocycles. The highest BCUT2D eigenvalue weighted by Gasteiger charge is 2.29. The Balaban J connectivity index is 1.56. The highest BCUT2D eigenvalue weighted by Crippen LogP contribution is 2.24. The van der Waals surface area contributed by atoms with Crippen LogP contribution in [-0.4, -0.2) is 84.5 Å². The van der Waals surface area contributed by atoms with Crippen LogP contribution in [-0.2, 0) is 0 Å². The first-order valence-electron chi connectivity index (χ1n) is 11.1. The Hall–Kier alpha value is -1.76. The van der Waals surface area contributed by atoms with Gasteiger partial charge in [0.15, 0.2) is 5.57 Å². The van der Waals surface area contributed by atoms with Crippen molar-refractivity contribution in [1.29, 1.82) is 10.5 Å². The molecule has 0 aromatic rings. The Morgan fingerprint density at radius 3 is 2.25 bits per heavy atom. The fourth-order valence-electron chi connectivity index (χ4n) is 5.07. The zero-order valence-corrected chi connectivity index (χ0v) is 17.7. The van der Waals surface area contributed by atoms with Crippen molar-refractivity contribution in [2.45, 2.75) is 52.0 Å². The molecule has 2 unspecified atom stereocenters. The summed E-state index contributed by atoms with van der Waals surface area (Å²) in [6.07, 6.45) is 6.33. The van der Waals surface area contributed by atoms with Crippen LogP contribution in [0.5, 0.6) is 0 Å². The zero-order chi connectivity index (χ0) is 19.9. The Bertz CT molecular complexity index is 614. The molecule has 0 radical (unpaired) electrons. The Kier molecular flexibility index (Phi) is 7.59. The van der Waals surface area contributed by atoms with Crippen molar-refractivity contribution in [2.24, 2.45) is 5.92 Å². The van der Waals surface area contributed by atoms with Crippen LogP contribution in [0.3, 0.4) is 0 Å². The van der Waals surface area contributed by atoms with Gasteiger partial charge >= 0.3 is 0 Å². The van der Waals surface area contributed by atoms with Gasteiger partial charge in [-0.1, -0.05) is 6.92 Å². The van der Waals surface area contributed by atoms with Crippen LogP contribution < -0.4 is 0 Å². The van der Waals surface area contributed by atoms with Crippen molar-refractivity contribution in [1.82, 2.24) is 19.6 Å². The molecule has 28 heavy (non-hydrogen) atoms. The van der Waals surface area contributed by atoms with Gasteiger partial charge in [0, 0.05) is 51.9 Å². The first kappa shape index (κ1) is 21.0. The molecule has 0 amide bonds. The summed E-state index contributed by atoms with van der Waals surface area (Å²) in [4.78, 5) is 9.67. The lowest BCUT2D eigenvalue weighted by molar-refractivity contribution is 0.167. The molecule has 0 aliphatic carbocycles. The van der Waals surface area contributed by atoms with Crippen molar-refractivity contribution in [3.05, 3.63) is 11.4 Å². The molecule has 0 N–H and O–H groups in total. The van der Waals surface area contributed by atoms with E-state index < -0.39 is 0 Å². The number of rotatable bonds is 7. The van der Waals surface area contributed by atoms with E-state index in [1.54, 1.807) is 0 Å². The molecule has 154 valence electrons. The maximum atomic E-state index is 9.50. The standard InChI is InChI=1S/C22H36N6/c1-19-6-3-8-25(18-19)12-13-28-15-14-27(22(28)21(16-23)17-24)11-5-10-26-9-4-7-20(26)2/h19-20H,3-15,18H2,1-2H3. The number of allylic oxidation sites excluding steroid dienone is 1. The minimum Gasteiger partial charge on any atom is -0.355 e. The first-order valence-corrected chi connectivity index (χ1v) is 11.1. The van der Waals surface area contributed by atoms with Gasteiger partial charge in [-0.05, 0) is 58.0 Å². The normalized spacial score (nSPS) is 26.5. The van der Waals surface area contributed by atoms with Crippen LogP contribution in [0.25, 0.3) is 0 Å². The molecule has 3 fully saturated rings. The summed E-state index contributed by atoms with van der Waals surface area (Å²) in [5, 5.41) is 19.0. The van der Waals surface area contributed by atoms with Crippen molar-refractivity contribution in [3.63, 3.8) is 0 Å². The van der Waals surface area contributed by atoms with Crippen LogP contribution in [0.2, 0.25) is 0 Å². The van der Waals surface area contributed by atoms with E-state index in [4.69, 9.17) is 0 Å². The fourth-order valence-corrected chi connectivity index (χ4v) is 5.07. The topological polar surface area (TPSA) is 60.5 Å². The van der Waals surface area contributed by atoms with Crippen molar-refractivity contribution in [3.8, 4) is 12.1 Å². The third-order valence-corrected chi connectivity index (χ3v) is 6.68. The molecule has 2 atom stereocenters. The van der Waals surface area contributed by atoms with E-state index in [-0.39, 0.29) is 5.57 Å². The zero-order valence-electron chi connectivity index (χ0n) is 17.7. The number of hydrogen-bond acceptors (Lipinski definition) is 6. The van der Waals surface area contributed by atoms with Crippen LogP contribution >= 0.6 is 0 Å². The summed E-state index contributed by atoms with van der Waals surface area (Å²) in [5.74, 6) is 1.66. The van der Waals surface area contributed by atoms with Gasteiger partial charge in [-0.15, -0.1) is 0 Å². The number of nitriles is 2. The van der Waals surface area contributed by atoms with Crippen molar-refractivity contribution >= 4 is 0 Å². The molecular weight excluding hydrogens is 348 g/mol. The SMILES string of the molecule is CC1CCCN(CCN2CCN(CCCN3CCCC3C)C2=C(C#N)C#N)C1. The molecule has 0 aromatic carbocycles. The Morgan fingerprint density at radius 2 is 1.61 bits per heavy atom. The maximum Gasteiger partial charge on any atom is 0.169 e. The molecule has 0 bridgehead atoms. The van der Waals surface area contributed by atoms with Gasteiger partial charge < -0.3 is 19.6 Å². The van der Waals surface area contributed by atoms with Gasteiger partial charge in [-0.2, -0.15) is 10.5 Å². The highest BCUT2D eigenvalue weighted by molar-refractivity contribution is 5.40. The number of piperidine rings is 1. The molecule has 3 heterocycles. The Labute approximate surface area is 171 Å². The summed E-state index contributed by atoms with van der Waals surface area (Å²) in [5.41, 5.74) is 0.277. The largest absolute Gasteiger partial charge is 0.355 e. The predicted octanol–water partition coefficient (Wildman–Crippen LogP) is 2.47. The lowest BCUT2D eigenvalue weighted by atomic mass is 10.0. The third-order valence-electron chi connectivity index (χ3n) is 6.68. The molecule has 3 rings (SSSR count). The summed E-state index contributed by atoms with van der Waals surface area (Å²) in [6, 6.07) is 5.00. The van der Waals surface area contributed by atoms with Crippen LogP contribution in [0.1, 0.15) is 46.0 Å². The average Bonchev–Trinajstić information content (AvgIpc) is 3.28. The number of nitrogens with zero attached hydrogens (tertiary/aromatic N) is 6. The van der Waals surface area contributed by atoms with Crippen molar-refractivity contribution in [2.75, 3.05) is 58.9 Å². The van der Waals surface area contributed by atoms with Gasteiger partial charge in [0.05, 0.1) is 0 Å². The monoisotopic (exact) mass is 384 g/mol. The summed E-state index contributed by atoms with van der Waals surface area (Å²) in [6.45, 7) is 14.1. The number of hydrogen-bond donors (Lipinski definition) is 0. The lowest BCUT2D eigenvalue weighted by Gasteiger charge is -2.33. The summed E-state index contributed by atoms with van der Waals surface area (Å²) >= 11 is 0. The molecule has 0 spiro atoms. The molecule has 0 aromatic heterocycles. The molecule has 3 aliphatic rings. The smallest absolute Gasteiger partial charge is 0.169 e. The van der Waals surface area contributed by atoms with Gasteiger partial charge in [0.2, 0.25) is 0 Å². The van der Waals surface area contributed by atoms with E-state index >= 15 is 0 Å². The molecule has 3 aliphatic heterocycles. The van der Waals surface area contributed by atoms with Crippen LogP contribution in [0.15, 0.2) is 11.4 Å². The van der Waals surface area contributed by atoms with Crippen molar-refractivity contribution < 1.29 is 0 Å². The minimum absolute atomic E-state index is 0.277. The molecular formula is C22H36N6. The minimum atomic E-state index is 0.277. The van der Waals surface area contributed by atoms with E-state index in [1.807, 2.05) is 0 Å². The average molecular weight is 385 g/mol. The predicted molar refractivity (Wildman–Crippen MR) is 111 cm³/mol.